The van der Waals surface area contributed by atoms with Gasteiger partial charge < -0.3 is 36.7 Å². The summed E-state index contributed by atoms with van der Waals surface area (Å²) in [4.78, 5) is 0. The second kappa shape index (κ2) is 22.4. The molecule has 0 spiro atoms. The van der Waals surface area contributed by atoms with Crippen LogP contribution in [0.1, 0.15) is 138 Å². The van der Waals surface area contributed by atoms with Crippen molar-refractivity contribution in [3.63, 3.8) is 0 Å². The van der Waals surface area contributed by atoms with Crippen molar-refractivity contribution in [1.82, 2.24) is 5.32 Å². The second-order valence-corrected chi connectivity index (χ2v) is 16.0. The summed E-state index contributed by atoms with van der Waals surface area (Å²) in [6.45, 7) is 24.0. The highest BCUT2D eigenvalue weighted by molar-refractivity contribution is 5.02. The third-order valence-corrected chi connectivity index (χ3v) is 12.8. The fourth-order valence-corrected chi connectivity index (χ4v) is 9.15. The summed E-state index contributed by atoms with van der Waals surface area (Å²) in [6, 6.07) is 0. The quantitative estimate of drug-likeness (QED) is 0.0725. The Bertz CT molecular complexity index is 772. The van der Waals surface area contributed by atoms with E-state index in [4.69, 9.17) is 31.4 Å². The molecular formula is C39H80N4O3. The van der Waals surface area contributed by atoms with Gasteiger partial charge in [0.2, 0.25) is 0 Å². The molecule has 0 amide bonds. The molecule has 7 N–H and O–H groups in total. The molecule has 2 rings (SSSR count). The first-order chi connectivity index (χ1) is 22.1. The molecule has 2 saturated carbocycles. The van der Waals surface area contributed by atoms with Crippen LogP contribution in [0.5, 0.6) is 0 Å². The number of ether oxygens (including phenoxy) is 3. The molecule has 1 unspecified atom stereocenters. The molecule has 0 aromatic heterocycles. The van der Waals surface area contributed by atoms with Gasteiger partial charge in [0.15, 0.2) is 0 Å². The molecular weight excluding hydrogens is 572 g/mol. The molecule has 46 heavy (non-hydrogen) atoms. The topological polar surface area (TPSA) is 118 Å². The molecule has 2 aliphatic carbocycles. The van der Waals surface area contributed by atoms with Crippen LogP contribution in [-0.2, 0) is 14.2 Å². The normalized spacial score (nSPS) is 31.2. The summed E-state index contributed by atoms with van der Waals surface area (Å²) in [5, 5.41) is 3.59. The van der Waals surface area contributed by atoms with Crippen LogP contribution in [0.2, 0.25) is 0 Å². The Morgan fingerprint density at radius 2 is 1.50 bits per heavy atom. The van der Waals surface area contributed by atoms with E-state index in [1.165, 1.54) is 38.5 Å². The number of unbranched alkanes of at least 4 members (excludes halogenated alkanes) is 1. The highest BCUT2D eigenvalue weighted by Crippen LogP contribution is 2.58. The first-order valence-corrected chi connectivity index (χ1v) is 19.7. The molecule has 10 atom stereocenters. The van der Waals surface area contributed by atoms with Crippen LogP contribution in [0.25, 0.3) is 0 Å². The molecule has 0 aromatic rings. The van der Waals surface area contributed by atoms with E-state index in [1.54, 1.807) is 0 Å². The smallest absolute Gasteiger partial charge is 0.0636 e. The molecule has 2 aliphatic rings. The van der Waals surface area contributed by atoms with E-state index in [2.05, 4.69) is 53.8 Å². The maximum atomic E-state index is 7.00. The van der Waals surface area contributed by atoms with Crippen molar-refractivity contribution in [2.75, 3.05) is 52.5 Å². The fourth-order valence-electron chi connectivity index (χ4n) is 9.15. The molecule has 274 valence electrons. The Morgan fingerprint density at radius 3 is 2.20 bits per heavy atom. The minimum atomic E-state index is 0.167. The lowest BCUT2D eigenvalue weighted by atomic mass is 9.56. The average Bonchev–Trinajstić information content (AvgIpc) is 3.34. The standard InChI is InChI=1S/C39H80N4O3/c1-8-9-24-44-33(5)28-34-29-35(45-25-12-20-41)17-18-38(34,6)32(4)27-37(46-26-13-21-42)39(7)31(3)15-16-36(39)30(2)14-10-22-43-23-11-19-40/h30-37,43H,8-29,40-42H2,1-7H3/t30-,31-,32-,33+,34?,35-,36-,37+,38-,39+/m1/s1. The third kappa shape index (κ3) is 12.6. The minimum Gasteiger partial charge on any atom is -0.378 e. The monoisotopic (exact) mass is 653 g/mol. The maximum Gasteiger partial charge on any atom is 0.0636 e. The Balaban J connectivity index is 2.24. The molecule has 7 heteroatoms. The van der Waals surface area contributed by atoms with Gasteiger partial charge in [0, 0.05) is 19.8 Å². The van der Waals surface area contributed by atoms with Gasteiger partial charge in [-0.2, -0.15) is 0 Å². The summed E-state index contributed by atoms with van der Waals surface area (Å²) in [7, 11) is 0. The van der Waals surface area contributed by atoms with Gasteiger partial charge in [-0.25, -0.2) is 0 Å². The molecule has 0 aliphatic heterocycles. The lowest BCUT2D eigenvalue weighted by molar-refractivity contribution is -0.115. The zero-order chi connectivity index (χ0) is 34.0. The van der Waals surface area contributed by atoms with Gasteiger partial charge in [0.25, 0.3) is 0 Å². The SMILES string of the molecule is CCCCO[C@@H](C)CC1C[C@H](OCCCN)CC[C@]1(C)[C@H](C)C[C@H](OCCCN)[C@@]1(C)[C@H](C)CC[C@@H]1[C@H](C)CCCNCCCN. The van der Waals surface area contributed by atoms with Crippen LogP contribution in [-0.4, -0.2) is 70.9 Å². The molecule has 0 aromatic carbocycles. The fraction of sp³-hybridized carbons (Fsp3) is 1.00. The lowest BCUT2D eigenvalue weighted by Gasteiger charge is -2.52. The van der Waals surface area contributed by atoms with E-state index in [9.17, 15) is 0 Å². The van der Waals surface area contributed by atoms with Gasteiger partial charge in [-0.15, -0.1) is 0 Å². The Hall–Kier alpha value is -0.280. The summed E-state index contributed by atoms with van der Waals surface area (Å²) in [5.41, 5.74) is 17.8. The van der Waals surface area contributed by atoms with Crippen molar-refractivity contribution in [3.8, 4) is 0 Å². The van der Waals surface area contributed by atoms with Gasteiger partial charge in [0.1, 0.15) is 0 Å². The number of nitrogens with two attached hydrogens (primary N) is 3. The lowest BCUT2D eigenvalue weighted by Crippen LogP contribution is -2.48. The Kier molecular flexibility index (Phi) is 20.4. The van der Waals surface area contributed by atoms with Crippen molar-refractivity contribution >= 4 is 0 Å². The van der Waals surface area contributed by atoms with Crippen molar-refractivity contribution in [2.24, 2.45) is 57.6 Å². The molecule has 0 saturated heterocycles. The number of rotatable bonds is 26. The van der Waals surface area contributed by atoms with Crippen LogP contribution in [0.4, 0.5) is 0 Å². The average molecular weight is 653 g/mol. The zero-order valence-corrected chi connectivity index (χ0v) is 31.6. The first-order valence-electron chi connectivity index (χ1n) is 19.7. The highest BCUT2D eigenvalue weighted by Gasteiger charge is 2.53. The minimum absolute atomic E-state index is 0.167. The van der Waals surface area contributed by atoms with E-state index in [-0.39, 0.29) is 23.0 Å². The van der Waals surface area contributed by atoms with Gasteiger partial charge in [-0.3, -0.25) is 0 Å². The Morgan fingerprint density at radius 1 is 0.826 bits per heavy atom. The van der Waals surface area contributed by atoms with E-state index in [0.717, 1.165) is 90.8 Å². The number of nitrogens with one attached hydrogen (secondary N) is 1. The number of hydrogen-bond donors (Lipinski definition) is 4. The summed E-state index contributed by atoms with van der Waals surface area (Å²) in [6.07, 6.45) is 16.9. The molecule has 0 heterocycles. The first kappa shape index (κ1) is 41.9. The largest absolute Gasteiger partial charge is 0.378 e. The van der Waals surface area contributed by atoms with Crippen LogP contribution < -0.4 is 22.5 Å². The zero-order valence-electron chi connectivity index (χ0n) is 31.6. The highest BCUT2D eigenvalue weighted by atomic mass is 16.5. The van der Waals surface area contributed by atoms with Crippen LogP contribution in [0, 0.1) is 40.4 Å². The van der Waals surface area contributed by atoms with E-state index in [1.807, 2.05) is 0 Å². The van der Waals surface area contributed by atoms with Crippen LogP contribution in [0.3, 0.4) is 0 Å². The van der Waals surface area contributed by atoms with Crippen LogP contribution >= 0.6 is 0 Å². The molecule has 2 fully saturated rings. The number of hydrogen-bond acceptors (Lipinski definition) is 7. The second-order valence-electron chi connectivity index (χ2n) is 16.0. The summed E-state index contributed by atoms with van der Waals surface area (Å²) >= 11 is 0. The van der Waals surface area contributed by atoms with Crippen molar-refractivity contribution < 1.29 is 14.2 Å². The maximum absolute atomic E-state index is 7.00. The van der Waals surface area contributed by atoms with Crippen molar-refractivity contribution in [1.29, 1.82) is 0 Å². The van der Waals surface area contributed by atoms with Gasteiger partial charge in [-0.05, 0) is 164 Å². The van der Waals surface area contributed by atoms with E-state index >= 15 is 0 Å². The third-order valence-electron chi connectivity index (χ3n) is 12.8. The predicted molar refractivity (Wildman–Crippen MR) is 196 cm³/mol. The predicted octanol–water partition coefficient (Wildman–Crippen LogP) is 7.29. The van der Waals surface area contributed by atoms with Crippen molar-refractivity contribution in [3.05, 3.63) is 0 Å². The molecule has 7 nitrogen and oxygen atoms in total. The van der Waals surface area contributed by atoms with E-state index in [0.29, 0.717) is 48.8 Å². The summed E-state index contributed by atoms with van der Waals surface area (Å²) in [5.74, 6) is 3.13. The molecule has 0 bridgehead atoms. The van der Waals surface area contributed by atoms with Gasteiger partial charge >= 0.3 is 0 Å². The Labute approximate surface area is 286 Å². The van der Waals surface area contributed by atoms with Crippen molar-refractivity contribution in [2.45, 2.75) is 157 Å². The van der Waals surface area contributed by atoms with Gasteiger partial charge in [0.05, 0.1) is 18.3 Å². The van der Waals surface area contributed by atoms with Gasteiger partial charge in [-0.1, -0.05) is 48.0 Å². The van der Waals surface area contributed by atoms with E-state index < -0.39 is 0 Å². The molecule has 0 radical (unpaired) electrons. The van der Waals surface area contributed by atoms with Crippen LogP contribution in [0.15, 0.2) is 0 Å². The summed E-state index contributed by atoms with van der Waals surface area (Å²) < 4.78 is 19.7.